The highest BCUT2D eigenvalue weighted by Gasteiger charge is 2.18. The van der Waals surface area contributed by atoms with Crippen LogP contribution in [0.25, 0.3) is 10.6 Å². The van der Waals surface area contributed by atoms with Gasteiger partial charge in [0.15, 0.2) is 0 Å². The maximum absolute atomic E-state index is 12.0. The largest absolute Gasteiger partial charge is 0.518 e. The summed E-state index contributed by atoms with van der Waals surface area (Å²) < 4.78 is 5.16. The molecule has 154 valence electrons. The lowest BCUT2D eigenvalue weighted by atomic mass is 10.1. The van der Waals surface area contributed by atoms with Gasteiger partial charge in [-0.25, -0.2) is 4.85 Å². The van der Waals surface area contributed by atoms with Crippen molar-refractivity contribution in [2.24, 2.45) is 0 Å². The molecule has 0 aromatic heterocycles. The second-order valence-electron chi connectivity index (χ2n) is 7.20. The van der Waals surface area contributed by atoms with Crippen molar-refractivity contribution in [1.29, 1.82) is 0 Å². The van der Waals surface area contributed by atoms with Crippen LogP contribution in [0.1, 0.15) is 89.5 Å². The van der Waals surface area contributed by atoms with Gasteiger partial charge in [-0.3, -0.25) is 4.79 Å². The zero-order valence-corrected chi connectivity index (χ0v) is 17.3. The molecular formula is C24H35NO3. The Labute approximate surface area is 170 Å². The predicted octanol–water partition coefficient (Wildman–Crippen LogP) is 7.08. The topological polar surface area (TPSA) is 50.9 Å². The van der Waals surface area contributed by atoms with Crippen LogP contribution in [0, 0.1) is 6.57 Å². The number of aliphatic hydroxyl groups excluding tert-OH is 1. The van der Waals surface area contributed by atoms with E-state index >= 15 is 0 Å². The molecule has 0 heterocycles. The first-order chi connectivity index (χ1) is 13.7. The summed E-state index contributed by atoms with van der Waals surface area (Å²) in [4.78, 5) is 15.2. The Morgan fingerprint density at radius 1 is 0.893 bits per heavy atom. The molecule has 0 aliphatic heterocycles. The van der Waals surface area contributed by atoms with Crippen LogP contribution in [-0.4, -0.2) is 17.7 Å². The van der Waals surface area contributed by atoms with E-state index in [4.69, 9.17) is 11.3 Å². The fourth-order valence-corrected chi connectivity index (χ4v) is 3.10. The lowest BCUT2D eigenvalue weighted by molar-refractivity contribution is -0.138. The van der Waals surface area contributed by atoms with Gasteiger partial charge in [0, 0.05) is 5.56 Å². The summed E-state index contributed by atoms with van der Waals surface area (Å²) in [5.74, 6) is -1.07. The molecule has 4 heteroatoms. The van der Waals surface area contributed by atoms with Crippen molar-refractivity contribution in [3.8, 4) is 0 Å². The molecule has 1 rings (SSSR count). The molecule has 0 saturated carbocycles. The van der Waals surface area contributed by atoms with Gasteiger partial charge in [-0.05, 0) is 6.42 Å². The third-order valence-corrected chi connectivity index (χ3v) is 4.81. The summed E-state index contributed by atoms with van der Waals surface area (Å²) in [6.07, 6.45) is 14.9. The van der Waals surface area contributed by atoms with Crippen molar-refractivity contribution in [2.45, 2.75) is 84.0 Å². The zero-order chi connectivity index (χ0) is 20.5. The van der Waals surface area contributed by atoms with E-state index in [1.165, 1.54) is 57.8 Å². The van der Waals surface area contributed by atoms with E-state index < -0.39 is 5.97 Å². The second kappa shape index (κ2) is 15.7. The van der Waals surface area contributed by atoms with Gasteiger partial charge in [0.1, 0.15) is 5.76 Å². The third kappa shape index (κ3) is 10.2. The molecule has 1 aromatic rings. The highest BCUT2D eigenvalue weighted by Crippen LogP contribution is 2.18. The van der Waals surface area contributed by atoms with E-state index in [0.29, 0.717) is 5.56 Å². The number of nitrogens with zero attached hydrogens (tertiary/aromatic N) is 1. The first-order valence-corrected chi connectivity index (χ1v) is 10.7. The van der Waals surface area contributed by atoms with Gasteiger partial charge >= 0.3 is 11.7 Å². The Hall–Kier alpha value is -2.28. The van der Waals surface area contributed by atoms with Crippen LogP contribution in [0.2, 0.25) is 0 Å². The number of esters is 1. The lowest BCUT2D eigenvalue weighted by Crippen LogP contribution is -2.09. The minimum Gasteiger partial charge on any atom is -0.518 e. The van der Waals surface area contributed by atoms with Gasteiger partial charge in [-0.15, -0.1) is 0 Å². The standard InChI is InChI=1S/C24H35NO3/c1-3-4-5-6-7-8-9-10-11-12-13-17-20-28-24(27)22(25-2)23(26)21-18-15-14-16-19-21/h14-16,18-19,26H,3-13,17,20H2,1H3/b23-22+. The number of ether oxygens (including phenoxy) is 1. The van der Waals surface area contributed by atoms with Gasteiger partial charge in [-0.1, -0.05) is 108 Å². The van der Waals surface area contributed by atoms with Crippen molar-refractivity contribution in [2.75, 3.05) is 6.61 Å². The molecule has 0 aliphatic rings. The number of rotatable bonds is 15. The first kappa shape index (κ1) is 23.8. The Kier molecular flexibility index (Phi) is 13.4. The highest BCUT2D eigenvalue weighted by atomic mass is 16.5. The molecule has 0 atom stereocenters. The molecule has 4 nitrogen and oxygen atoms in total. The summed E-state index contributed by atoms with van der Waals surface area (Å²) in [5.41, 5.74) is 0.0842. The summed E-state index contributed by atoms with van der Waals surface area (Å²) in [5, 5.41) is 10.1. The van der Waals surface area contributed by atoms with Crippen LogP contribution in [0.3, 0.4) is 0 Å². The fourth-order valence-electron chi connectivity index (χ4n) is 3.10. The van der Waals surface area contributed by atoms with E-state index in [-0.39, 0.29) is 18.1 Å². The number of benzene rings is 1. The van der Waals surface area contributed by atoms with E-state index in [1.807, 2.05) is 0 Å². The predicted molar refractivity (Wildman–Crippen MR) is 115 cm³/mol. The third-order valence-electron chi connectivity index (χ3n) is 4.81. The molecule has 0 bridgehead atoms. The molecule has 0 spiro atoms. The van der Waals surface area contributed by atoms with Crippen molar-refractivity contribution >= 4 is 11.7 Å². The van der Waals surface area contributed by atoms with E-state index in [9.17, 15) is 9.90 Å². The summed E-state index contributed by atoms with van der Waals surface area (Å²) in [6.45, 7) is 9.69. The van der Waals surface area contributed by atoms with E-state index in [1.54, 1.807) is 30.3 Å². The number of hydrogen-bond acceptors (Lipinski definition) is 3. The average molecular weight is 386 g/mol. The monoisotopic (exact) mass is 385 g/mol. The van der Waals surface area contributed by atoms with Gasteiger partial charge in [-0.2, -0.15) is 0 Å². The van der Waals surface area contributed by atoms with E-state index in [0.717, 1.165) is 19.3 Å². The molecule has 28 heavy (non-hydrogen) atoms. The lowest BCUT2D eigenvalue weighted by Gasteiger charge is -2.06. The average Bonchev–Trinajstić information content (AvgIpc) is 2.72. The fraction of sp³-hybridized carbons (Fsp3) is 0.583. The summed E-state index contributed by atoms with van der Waals surface area (Å²) >= 11 is 0. The number of carbonyl (C=O) groups excluding carboxylic acids is 1. The number of hydrogen-bond donors (Lipinski definition) is 1. The SMILES string of the molecule is [C-]#[N+]/C(C(=O)OCCCCCCCCCCCCCC)=C(/O)c1ccccc1. The molecular weight excluding hydrogens is 350 g/mol. The minimum absolute atomic E-state index is 0.289. The second-order valence-corrected chi connectivity index (χ2v) is 7.20. The van der Waals surface area contributed by atoms with Crippen molar-refractivity contribution in [3.63, 3.8) is 0 Å². The molecule has 0 radical (unpaired) electrons. The number of carbonyl (C=O) groups is 1. The van der Waals surface area contributed by atoms with Crippen molar-refractivity contribution in [3.05, 3.63) is 53.0 Å². The molecule has 0 aliphatic carbocycles. The Morgan fingerprint density at radius 3 is 1.89 bits per heavy atom. The van der Waals surface area contributed by atoms with Crippen molar-refractivity contribution < 1.29 is 14.6 Å². The van der Waals surface area contributed by atoms with Crippen LogP contribution in [-0.2, 0) is 9.53 Å². The number of unbranched alkanes of at least 4 members (excludes halogenated alkanes) is 11. The Morgan fingerprint density at radius 2 is 1.39 bits per heavy atom. The van der Waals surface area contributed by atoms with Crippen LogP contribution in [0.4, 0.5) is 0 Å². The van der Waals surface area contributed by atoms with Gasteiger partial charge in [0.25, 0.3) is 0 Å². The molecule has 0 fully saturated rings. The van der Waals surface area contributed by atoms with Crippen LogP contribution in [0.15, 0.2) is 36.0 Å². The van der Waals surface area contributed by atoms with Gasteiger partial charge in [0.2, 0.25) is 0 Å². The first-order valence-electron chi connectivity index (χ1n) is 10.7. The minimum atomic E-state index is -0.751. The van der Waals surface area contributed by atoms with Gasteiger partial charge < -0.3 is 9.84 Å². The normalized spacial score (nSPS) is 11.6. The molecule has 1 N–H and O–H groups in total. The van der Waals surface area contributed by atoms with E-state index in [2.05, 4.69) is 11.8 Å². The van der Waals surface area contributed by atoms with Crippen LogP contribution in [0.5, 0.6) is 0 Å². The number of aliphatic hydroxyl groups is 1. The summed E-state index contributed by atoms with van der Waals surface area (Å²) in [6, 6.07) is 8.59. The smallest absolute Gasteiger partial charge is 0.340 e. The van der Waals surface area contributed by atoms with Crippen LogP contribution >= 0.6 is 0 Å². The Balaban J connectivity index is 2.11. The molecule has 0 amide bonds. The zero-order valence-electron chi connectivity index (χ0n) is 17.3. The Bertz CT molecular complexity index is 616. The van der Waals surface area contributed by atoms with Crippen LogP contribution < -0.4 is 0 Å². The summed E-state index contributed by atoms with van der Waals surface area (Å²) in [7, 11) is 0. The maximum Gasteiger partial charge on any atom is 0.340 e. The maximum atomic E-state index is 12.0. The molecule has 0 unspecified atom stereocenters. The highest BCUT2D eigenvalue weighted by molar-refractivity contribution is 5.97. The quantitative estimate of drug-likeness (QED) is 0.115. The molecule has 0 saturated heterocycles. The van der Waals surface area contributed by atoms with Crippen molar-refractivity contribution in [1.82, 2.24) is 0 Å². The van der Waals surface area contributed by atoms with Gasteiger partial charge in [0.05, 0.1) is 13.2 Å². The molecule has 1 aromatic carbocycles.